The first-order valence-electron chi connectivity index (χ1n) is 15.3. The van der Waals surface area contributed by atoms with Crippen LogP contribution < -0.4 is 4.90 Å². The Hall–Kier alpha value is -3.71. The maximum absolute atomic E-state index is 12.8. The lowest BCUT2D eigenvalue weighted by molar-refractivity contribution is -0.134. The van der Waals surface area contributed by atoms with Crippen LogP contribution in [0, 0.1) is 0 Å². The number of hydrogen-bond donors (Lipinski definition) is 1. The number of benzene rings is 1. The molecule has 0 radical (unpaired) electrons. The molecule has 2 aliphatic rings. The van der Waals surface area contributed by atoms with E-state index in [1.807, 2.05) is 43.1 Å². The number of amides is 1. The van der Waals surface area contributed by atoms with Crippen LogP contribution in [0.25, 0.3) is 32.5 Å². The number of allylic oxidation sites excluding steroid dienone is 1. The zero-order chi connectivity index (χ0) is 30.5. The van der Waals surface area contributed by atoms with Gasteiger partial charge in [-0.2, -0.15) is 5.10 Å². The van der Waals surface area contributed by atoms with E-state index in [0.717, 1.165) is 65.2 Å². The van der Waals surface area contributed by atoms with Gasteiger partial charge in [-0.3, -0.25) is 19.6 Å². The first-order chi connectivity index (χ1) is 21.4. The molecule has 11 nitrogen and oxygen atoms in total. The van der Waals surface area contributed by atoms with Gasteiger partial charge < -0.3 is 19.3 Å². The van der Waals surface area contributed by atoms with Gasteiger partial charge in [-0.15, -0.1) is 11.3 Å². The molecule has 2 aliphatic heterocycles. The third-order valence-corrected chi connectivity index (χ3v) is 9.07. The Kier molecular flexibility index (Phi) is 9.60. The van der Waals surface area contributed by atoms with Gasteiger partial charge >= 0.3 is 0 Å². The van der Waals surface area contributed by atoms with Gasteiger partial charge in [0.1, 0.15) is 0 Å². The van der Waals surface area contributed by atoms with Crippen LogP contribution in [0.4, 0.5) is 5.82 Å². The Morgan fingerprint density at radius 3 is 2.70 bits per heavy atom. The van der Waals surface area contributed by atoms with Crippen molar-refractivity contribution < 1.29 is 19.1 Å². The van der Waals surface area contributed by atoms with Gasteiger partial charge in [-0.1, -0.05) is 18.2 Å². The molecular formula is C32H39N7O4S. The van der Waals surface area contributed by atoms with Crippen molar-refractivity contribution in [3.63, 3.8) is 0 Å². The van der Waals surface area contributed by atoms with E-state index < -0.39 is 0 Å². The summed E-state index contributed by atoms with van der Waals surface area (Å²) in [6, 6.07) is 8.24. The zero-order valence-electron chi connectivity index (χ0n) is 25.3. The van der Waals surface area contributed by atoms with Crippen molar-refractivity contribution in [3.8, 4) is 11.4 Å². The minimum absolute atomic E-state index is 0.0392. The van der Waals surface area contributed by atoms with E-state index in [9.17, 15) is 9.59 Å². The third-order valence-electron chi connectivity index (χ3n) is 7.96. The van der Waals surface area contributed by atoms with E-state index >= 15 is 0 Å². The summed E-state index contributed by atoms with van der Waals surface area (Å²) < 4.78 is 12.1. The summed E-state index contributed by atoms with van der Waals surface area (Å²) in [4.78, 5) is 42.8. The van der Waals surface area contributed by atoms with E-state index in [2.05, 4.69) is 26.1 Å². The fraction of sp³-hybridized carbons (Fsp3) is 0.469. The monoisotopic (exact) mass is 617 g/mol. The van der Waals surface area contributed by atoms with Crippen molar-refractivity contribution in [3.05, 3.63) is 47.5 Å². The predicted molar refractivity (Wildman–Crippen MR) is 172 cm³/mol. The smallest absolute Gasteiger partial charge is 0.223 e. The number of nitrogens with one attached hydrogen (secondary N) is 1. The van der Waals surface area contributed by atoms with Crippen LogP contribution in [0.15, 0.2) is 42.6 Å². The van der Waals surface area contributed by atoms with Crippen molar-refractivity contribution in [2.24, 2.45) is 0 Å². The lowest BCUT2D eigenvalue weighted by atomic mass is 10.1. The molecule has 1 aromatic carbocycles. The van der Waals surface area contributed by atoms with Gasteiger partial charge in [0.2, 0.25) is 5.91 Å². The van der Waals surface area contributed by atoms with Crippen molar-refractivity contribution in [1.29, 1.82) is 0 Å². The number of fused-ring (bicyclic) bond motifs is 2. The van der Waals surface area contributed by atoms with E-state index in [0.29, 0.717) is 38.7 Å². The average Bonchev–Trinajstić information content (AvgIpc) is 3.69. The summed E-state index contributed by atoms with van der Waals surface area (Å²) in [5.41, 5.74) is 2.86. The number of thiophene rings is 1. The highest BCUT2D eigenvalue weighted by molar-refractivity contribution is 7.19. The third kappa shape index (κ3) is 7.15. The second-order valence-electron chi connectivity index (χ2n) is 11.4. The Morgan fingerprint density at radius 2 is 1.91 bits per heavy atom. The summed E-state index contributed by atoms with van der Waals surface area (Å²) in [6.07, 6.45) is 5.65. The quantitative estimate of drug-likeness (QED) is 0.249. The van der Waals surface area contributed by atoms with E-state index in [1.54, 1.807) is 17.4 Å². The Bertz CT molecular complexity index is 1630. The van der Waals surface area contributed by atoms with E-state index in [4.69, 9.17) is 19.4 Å². The van der Waals surface area contributed by atoms with Gasteiger partial charge in [0, 0.05) is 74.5 Å². The largest absolute Gasteiger partial charge is 0.378 e. The molecule has 0 saturated carbocycles. The summed E-state index contributed by atoms with van der Waals surface area (Å²) in [5.74, 6) is 1.65. The van der Waals surface area contributed by atoms with Crippen LogP contribution in [0.2, 0.25) is 0 Å². The molecular weight excluding hydrogens is 578 g/mol. The number of anilines is 1. The first kappa shape index (κ1) is 30.3. The molecule has 5 heterocycles. The first-order valence-corrected chi connectivity index (χ1v) is 16.1. The molecule has 0 aliphatic carbocycles. The van der Waals surface area contributed by atoms with Gasteiger partial charge in [-0.05, 0) is 32.1 Å². The Balaban J connectivity index is 1.11. The highest BCUT2D eigenvalue weighted by atomic mass is 32.1. The van der Waals surface area contributed by atoms with E-state index in [1.165, 1.54) is 11.0 Å². The Labute approximate surface area is 260 Å². The molecule has 44 heavy (non-hydrogen) atoms. The zero-order valence-corrected chi connectivity index (χ0v) is 26.1. The molecule has 4 aromatic rings. The van der Waals surface area contributed by atoms with Crippen molar-refractivity contribution in [2.45, 2.75) is 39.3 Å². The number of carbonyl (C=O) groups is 2. The van der Waals surface area contributed by atoms with Gasteiger partial charge in [0.05, 0.1) is 47.9 Å². The van der Waals surface area contributed by atoms with Crippen LogP contribution in [0.3, 0.4) is 0 Å². The van der Waals surface area contributed by atoms with E-state index in [-0.39, 0.29) is 30.6 Å². The van der Waals surface area contributed by atoms with Gasteiger partial charge in [-0.25, -0.2) is 9.97 Å². The van der Waals surface area contributed by atoms with Gasteiger partial charge in [0.25, 0.3) is 0 Å². The lowest BCUT2D eigenvalue weighted by Crippen LogP contribution is -2.48. The maximum Gasteiger partial charge on any atom is 0.223 e. The van der Waals surface area contributed by atoms with Crippen molar-refractivity contribution >= 4 is 50.0 Å². The molecule has 0 spiro atoms. The van der Waals surface area contributed by atoms with Crippen LogP contribution >= 0.6 is 11.3 Å². The molecule has 1 N–H and O–H groups in total. The molecule has 232 valence electrons. The molecule has 0 unspecified atom stereocenters. The number of H-pyrrole nitrogens is 1. The molecule has 12 heteroatoms. The fourth-order valence-corrected chi connectivity index (χ4v) is 6.75. The van der Waals surface area contributed by atoms with Crippen molar-refractivity contribution in [1.82, 2.24) is 30.0 Å². The van der Waals surface area contributed by atoms with Crippen LogP contribution in [-0.2, 0) is 25.6 Å². The topological polar surface area (TPSA) is 117 Å². The number of ether oxygens (including phenoxy) is 2. The second-order valence-corrected chi connectivity index (χ2v) is 12.6. The molecule has 6 rings (SSSR count). The SMILES string of the molecule is CC(C)OCC=CC(=O)CCC(=O)N1CCN(Cc2cc3nc(-c4cccc5[nH]ncc45)nc(N4CCOCC4)c3s2)CC1. The van der Waals surface area contributed by atoms with Crippen LogP contribution in [0.5, 0.6) is 0 Å². The number of carbonyl (C=O) groups excluding carboxylic acids is 2. The molecule has 0 bridgehead atoms. The minimum Gasteiger partial charge on any atom is -0.378 e. The van der Waals surface area contributed by atoms with Gasteiger partial charge in [0.15, 0.2) is 17.4 Å². The Morgan fingerprint density at radius 1 is 1.09 bits per heavy atom. The predicted octanol–water partition coefficient (Wildman–Crippen LogP) is 4.05. The summed E-state index contributed by atoms with van der Waals surface area (Å²) >= 11 is 1.75. The average molecular weight is 618 g/mol. The standard InChI is InChI=1S/C32H39N7O4S/c1-22(2)43-16-4-5-23(40)8-9-29(41)38-12-10-37(11-13-38)21-24-19-28-30(44-24)32(39-14-17-42-18-15-39)35-31(34-28)25-6-3-7-27-26(25)20-33-36-27/h3-7,19-20,22H,8-18,21H2,1-2H3,(H,33,36). The summed E-state index contributed by atoms with van der Waals surface area (Å²) in [6.45, 7) is 10.9. The number of ketones is 1. The number of morpholine rings is 1. The number of rotatable bonds is 11. The van der Waals surface area contributed by atoms with Crippen LogP contribution in [-0.4, -0.2) is 107 Å². The van der Waals surface area contributed by atoms with Crippen LogP contribution in [0.1, 0.15) is 31.6 Å². The van der Waals surface area contributed by atoms with Crippen molar-refractivity contribution in [2.75, 3.05) is 64.0 Å². The maximum atomic E-state index is 12.8. The fourth-order valence-electron chi connectivity index (χ4n) is 5.59. The highest BCUT2D eigenvalue weighted by Gasteiger charge is 2.24. The normalized spacial score (nSPS) is 16.6. The number of aromatic nitrogens is 4. The molecule has 3 aromatic heterocycles. The molecule has 2 saturated heterocycles. The highest BCUT2D eigenvalue weighted by Crippen LogP contribution is 2.36. The summed E-state index contributed by atoms with van der Waals surface area (Å²) in [7, 11) is 0. The number of hydrogen-bond acceptors (Lipinski definition) is 10. The number of piperazine rings is 1. The minimum atomic E-state index is -0.0433. The second kappa shape index (κ2) is 13.9. The molecule has 0 atom stereocenters. The number of nitrogens with zero attached hydrogens (tertiary/aromatic N) is 6. The molecule has 2 fully saturated rings. The number of aromatic amines is 1. The lowest BCUT2D eigenvalue weighted by Gasteiger charge is -2.34. The summed E-state index contributed by atoms with van der Waals surface area (Å²) in [5, 5.41) is 8.27. The molecule has 1 amide bonds.